The fraction of sp³-hybridized carbons (Fsp3) is 0.478. The molecule has 0 bridgehead atoms. The zero-order chi connectivity index (χ0) is 19.1. The molecule has 1 saturated carbocycles. The lowest BCUT2D eigenvalue weighted by Crippen LogP contribution is -2.37. The van der Waals surface area contributed by atoms with E-state index in [9.17, 15) is 4.39 Å². The molecule has 0 aromatic heterocycles. The molecule has 5 rings (SSSR count). The minimum atomic E-state index is -0.312. The van der Waals surface area contributed by atoms with Crippen LogP contribution in [0.2, 0.25) is 5.02 Å². The van der Waals surface area contributed by atoms with Gasteiger partial charge in [0.05, 0.1) is 6.10 Å². The monoisotopic (exact) mass is 401 g/mol. The molecule has 2 aliphatic heterocycles. The number of halogens is 2. The van der Waals surface area contributed by atoms with Crippen LogP contribution < -0.4 is 14.8 Å². The molecule has 148 valence electrons. The van der Waals surface area contributed by atoms with E-state index in [0.29, 0.717) is 10.6 Å². The van der Waals surface area contributed by atoms with Gasteiger partial charge in [0.15, 0.2) is 11.5 Å². The fourth-order valence-corrected chi connectivity index (χ4v) is 4.95. The maximum absolute atomic E-state index is 14.6. The molecule has 1 aliphatic carbocycles. The molecular formula is C23H25ClFNO2. The van der Waals surface area contributed by atoms with Crippen molar-refractivity contribution in [2.45, 2.75) is 56.7 Å². The molecule has 0 spiro atoms. The second-order valence-corrected chi connectivity index (χ2v) is 8.59. The predicted octanol–water partition coefficient (Wildman–Crippen LogP) is 5.70. The molecule has 2 aromatic rings. The summed E-state index contributed by atoms with van der Waals surface area (Å²) in [6.45, 7) is 1.85. The number of piperidine rings is 1. The lowest BCUT2D eigenvalue weighted by Gasteiger charge is -2.25. The van der Waals surface area contributed by atoms with Crippen molar-refractivity contribution in [3.05, 3.63) is 46.7 Å². The number of rotatable bonds is 3. The third-order valence-corrected chi connectivity index (χ3v) is 6.49. The van der Waals surface area contributed by atoms with Gasteiger partial charge in [-0.1, -0.05) is 18.0 Å². The molecule has 2 unspecified atom stereocenters. The Morgan fingerprint density at radius 1 is 1.07 bits per heavy atom. The predicted molar refractivity (Wildman–Crippen MR) is 109 cm³/mol. The van der Waals surface area contributed by atoms with Gasteiger partial charge < -0.3 is 14.8 Å². The average molecular weight is 402 g/mol. The molecule has 1 N–H and O–H groups in total. The Labute approximate surface area is 170 Å². The van der Waals surface area contributed by atoms with Crippen molar-refractivity contribution in [1.29, 1.82) is 0 Å². The van der Waals surface area contributed by atoms with Crippen LogP contribution in [0.3, 0.4) is 0 Å². The maximum Gasteiger partial charge on any atom is 0.165 e. The number of fused-ring (bicyclic) bond motifs is 3. The highest BCUT2D eigenvalue weighted by Crippen LogP contribution is 2.49. The van der Waals surface area contributed by atoms with Crippen molar-refractivity contribution < 1.29 is 13.9 Å². The van der Waals surface area contributed by atoms with Gasteiger partial charge in [0.25, 0.3) is 0 Å². The highest BCUT2D eigenvalue weighted by Gasteiger charge is 2.39. The van der Waals surface area contributed by atoms with Gasteiger partial charge >= 0.3 is 0 Å². The molecule has 3 nitrogen and oxygen atoms in total. The summed E-state index contributed by atoms with van der Waals surface area (Å²) < 4.78 is 27.4. The van der Waals surface area contributed by atoms with E-state index in [1.165, 1.54) is 25.3 Å². The summed E-state index contributed by atoms with van der Waals surface area (Å²) in [4.78, 5) is 0. The van der Waals surface area contributed by atoms with Crippen LogP contribution in [0.15, 0.2) is 30.3 Å². The average Bonchev–Trinajstić information content (AvgIpc) is 3.08. The molecule has 28 heavy (non-hydrogen) atoms. The number of benzene rings is 2. The Bertz CT molecular complexity index is 881. The number of hydrogen-bond acceptors (Lipinski definition) is 3. The van der Waals surface area contributed by atoms with Crippen molar-refractivity contribution >= 4 is 11.6 Å². The molecular weight excluding hydrogens is 377 g/mol. The second kappa shape index (κ2) is 7.57. The molecule has 2 atom stereocenters. The van der Waals surface area contributed by atoms with Crippen molar-refractivity contribution in [2.75, 3.05) is 13.1 Å². The van der Waals surface area contributed by atoms with Crippen LogP contribution in [0.4, 0.5) is 4.39 Å². The normalized spacial score (nSPS) is 24.4. The van der Waals surface area contributed by atoms with Gasteiger partial charge in [0.2, 0.25) is 0 Å². The van der Waals surface area contributed by atoms with Crippen LogP contribution >= 0.6 is 11.6 Å². The zero-order valence-electron chi connectivity index (χ0n) is 15.8. The van der Waals surface area contributed by atoms with Crippen LogP contribution in [0.1, 0.15) is 50.0 Å². The highest BCUT2D eigenvalue weighted by molar-refractivity contribution is 6.30. The van der Waals surface area contributed by atoms with Crippen LogP contribution in [0, 0.1) is 5.82 Å². The van der Waals surface area contributed by atoms with E-state index in [0.717, 1.165) is 55.0 Å². The molecule has 1 saturated heterocycles. The van der Waals surface area contributed by atoms with Gasteiger partial charge in [0, 0.05) is 28.6 Å². The summed E-state index contributed by atoms with van der Waals surface area (Å²) in [6.07, 6.45) is 7.20. The minimum absolute atomic E-state index is 0.176. The summed E-state index contributed by atoms with van der Waals surface area (Å²) in [5.41, 5.74) is 2.51. The smallest absolute Gasteiger partial charge is 0.165 e. The zero-order valence-corrected chi connectivity index (χ0v) is 16.6. The Morgan fingerprint density at radius 3 is 2.75 bits per heavy atom. The van der Waals surface area contributed by atoms with E-state index in [-0.39, 0.29) is 23.9 Å². The first kappa shape index (κ1) is 18.3. The molecule has 2 fully saturated rings. The number of nitrogens with one attached hydrogen (secondary N) is 1. The van der Waals surface area contributed by atoms with Crippen molar-refractivity contribution in [3.8, 4) is 22.6 Å². The van der Waals surface area contributed by atoms with Crippen molar-refractivity contribution in [2.24, 2.45) is 0 Å². The minimum Gasteiger partial charge on any atom is -0.487 e. The Balaban J connectivity index is 1.57. The molecule has 5 heteroatoms. The number of hydrogen-bond donors (Lipinski definition) is 1. The standard InChI is InChI=1S/C23H25ClFNO2/c24-15-6-7-17(20(25)12-15)14-10-18-19-13-26-9-8-21(19)28-23(18)22(11-14)27-16-4-2-1-3-5-16/h6-7,10-12,16,19,21,26H,1-5,8-9,13H2. The fourth-order valence-electron chi connectivity index (χ4n) is 4.79. The molecule has 2 heterocycles. The Kier molecular flexibility index (Phi) is 4.93. The second-order valence-electron chi connectivity index (χ2n) is 8.15. The van der Waals surface area contributed by atoms with Crippen molar-refractivity contribution in [3.63, 3.8) is 0 Å². The Hall–Kier alpha value is -1.78. The van der Waals surface area contributed by atoms with Crippen LogP contribution in [-0.2, 0) is 0 Å². The lowest BCUT2D eigenvalue weighted by atomic mass is 9.89. The third kappa shape index (κ3) is 3.37. The van der Waals surface area contributed by atoms with Crippen LogP contribution in [0.25, 0.3) is 11.1 Å². The van der Waals surface area contributed by atoms with Gasteiger partial charge in [-0.15, -0.1) is 0 Å². The summed E-state index contributed by atoms with van der Waals surface area (Å²) in [7, 11) is 0. The SMILES string of the molecule is Fc1cc(Cl)ccc1-c1cc(OC2CCCCC2)c2c(c1)C1CNCCC1O2. The van der Waals surface area contributed by atoms with E-state index in [4.69, 9.17) is 21.1 Å². The summed E-state index contributed by atoms with van der Waals surface area (Å²) in [5, 5.41) is 3.87. The van der Waals surface area contributed by atoms with Gasteiger partial charge in [-0.25, -0.2) is 4.39 Å². The van der Waals surface area contributed by atoms with Crippen molar-refractivity contribution in [1.82, 2.24) is 5.32 Å². The van der Waals surface area contributed by atoms with E-state index in [1.807, 2.05) is 6.07 Å². The van der Waals surface area contributed by atoms with E-state index >= 15 is 0 Å². The van der Waals surface area contributed by atoms with Gasteiger partial charge in [0.1, 0.15) is 11.9 Å². The molecule has 3 aliphatic rings. The van der Waals surface area contributed by atoms with Gasteiger partial charge in [-0.05, 0) is 74.5 Å². The first-order chi connectivity index (χ1) is 13.7. The molecule has 0 radical (unpaired) electrons. The summed E-state index contributed by atoms with van der Waals surface area (Å²) >= 11 is 5.96. The van der Waals surface area contributed by atoms with Crippen LogP contribution in [-0.4, -0.2) is 25.3 Å². The van der Waals surface area contributed by atoms with Gasteiger partial charge in [-0.2, -0.15) is 0 Å². The van der Waals surface area contributed by atoms with E-state index in [2.05, 4.69) is 11.4 Å². The summed E-state index contributed by atoms with van der Waals surface area (Å²) in [5.74, 6) is 1.60. The third-order valence-electron chi connectivity index (χ3n) is 6.26. The topological polar surface area (TPSA) is 30.5 Å². The van der Waals surface area contributed by atoms with Gasteiger partial charge in [-0.3, -0.25) is 0 Å². The Morgan fingerprint density at radius 2 is 1.93 bits per heavy atom. The first-order valence-electron chi connectivity index (χ1n) is 10.4. The van der Waals surface area contributed by atoms with E-state index in [1.54, 1.807) is 12.1 Å². The maximum atomic E-state index is 14.6. The molecule has 0 amide bonds. The largest absolute Gasteiger partial charge is 0.487 e. The van der Waals surface area contributed by atoms with Crippen LogP contribution in [0.5, 0.6) is 11.5 Å². The number of ether oxygens (including phenoxy) is 2. The summed E-state index contributed by atoms with van der Waals surface area (Å²) in [6, 6.07) is 8.87. The molecule has 2 aromatic carbocycles. The van der Waals surface area contributed by atoms with E-state index < -0.39 is 0 Å². The quantitative estimate of drug-likeness (QED) is 0.716. The lowest BCUT2D eigenvalue weighted by molar-refractivity contribution is 0.134. The first-order valence-corrected chi connectivity index (χ1v) is 10.7. The highest BCUT2D eigenvalue weighted by atomic mass is 35.5.